The lowest BCUT2D eigenvalue weighted by molar-refractivity contribution is -0.141. The molecule has 0 aromatic heterocycles. The van der Waals surface area contributed by atoms with Gasteiger partial charge in [-0.1, -0.05) is 61.5 Å². The van der Waals surface area contributed by atoms with Crippen LogP contribution < -0.4 is 14.4 Å². The molecule has 40 heavy (non-hydrogen) atoms. The first-order valence-electron chi connectivity index (χ1n) is 13.7. The number of ether oxygens (including phenoxy) is 1. The number of rotatable bonds is 13. The minimum atomic E-state index is -3.61. The lowest BCUT2D eigenvalue weighted by Gasteiger charge is -2.33. The first kappa shape index (κ1) is 32.0. The van der Waals surface area contributed by atoms with Crippen LogP contribution in [0.1, 0.15) is 63.9 Å². The number of carbonyl (C=O) groups is 2. The van der Waals surface area contributed by atoms with Gasteiger partial charge in [-0.15, -0.1) is 0 Å². The zero-order valence-corrected chi connectivity index (χ0v) is 25.7. The van der Waals surface area contributed by atoms with Crippen molar-refractivity contribution in [3.8, 4) is 5.75 Å². The molecule has 11 heteroatoms. The van der Waals surface area contributed by atoms with Gasteiger partial charge in [0.05, 0.1) is 19.1 Å². The highest BCUT2D eigenvalue weighted by molar-refractivity contribution is 7.92. The van der Waals surface area contributed by atoms with Crippen LogP contribution in [0.4, 0.5) is 5.69 Å². The number of benzene rings is 2. The Morgan fingerprint density at radius 3 is 2.45 bits per heavy atom. The summed E-state index contributed by atoms with van der Waals surface area (Å²) >= 11 is 12.5. The minimum absolute atomic E-state index is 0.0500. The van der Waals surface area contributed by atoms with Gasteiger partial charge in [-0.2, -0.15) is 0 Å². The molecular weight excluding hydrogens is 573 g/mol. The summed E-state index contributed by atoms with van der Waals surface area (Å²) in [5, 5.41) is 4.04. The van der Waals surface area contributed by atoms with Gasteiger partial charge in [0.2, 0.25) is 21.8 Å². The number of nitrogens with zero attached hydrogens (tertiary/aromatic N) is 2. The molecule has 0 saturated heterocycles. The van der Waals surface area contributed by atoms with Crippen molar-refractivity contribution in [2.75, 3.05) is 24.2 Å². The van der Waals surface area contributed by atoms with E-state index in [-0.39, 0.29) is 43.8 Å². The summed E-state index contributed by atoms with van der Waals surface area (Å²) in [5.74, 6) is 0.0979. The summed E-state index contributed by atoms with van der Waals surface area (Å²) in [5.41, 5.74) is 1.13. The number of methoxy groups -OCH3 is 1. The van der Waals surface area contributed by atoms with Crippen molar-refractivity contribution < 1.29 is 22.7 Å². The SMILES string of the molecule is CC[C@@H](C(=O)NC1CCCCC1)N(Cc1ccc(Cl)cc1Cl)C(=O)CCCN(c1cccc(OC)c1)S(C)(=O)=O. The van der Waals surface area contributed by atoms with Gasteiger partial charge in [-0.05, 0) is 55.5 Å². The molecule has 0 unspecified atom stereocenters. The quantitative estimate of drug-likeness (QED) is 0.308. The average Bonchev–Trinajstić information content (AvgIpc) is 2.92. The van der Waals surface area contributed by atoms with Crippen LogP contribution in [0.5, 0.6) is 5.75 Å². The van der Waals surface area contributed by atoms with Gasteiger partial charge in [-0.25, -0.2) is 8.42 Å². The summed E-state index contributed by atoms with van der Waals surface area (Å²) in [6.07, 6.45) is 7.06. The Hall–Kier alpha value is -2.49. The lowest BCUT2D eigenvalue weighted by Crippen LogP contribution is -2.51. The number of hydrogen-bond acceptors (Lipinski definition) is 5. The molecule has 0 heterocycles. The Morgan fingerprint density at radius 2 is 1.82 bits per heavy atom. The van der Waals surface area contributed by atoms with Crippen molar-refractivity contribution in [3.63, 3.8) is 0 Å². The van der Waals surface area contributed by atoms with Crippen molar-refractivity contribution in [1.82, 2.24) is 10.2 Å². The fourth-order valence-electron chi connectivity index (χ4n) is 5.07. The average molecular weight is 613 g/mol. The van der Waals surface area contributed by atoms with Crippen LogP contribution in [0, 0.1) is 0 Å². The Morgan fingerprint density at radius 1 is 1.10 bits per heavy atom. The molecule has 1 fully saturated rings. The number of carbonyl (C=O) groups excluding carboxylic acids is 2. The summed E-state index contributed by atoms with van der Waals surface area (Å²) in [6, 6.07) is 11.3. The third-order valence-electron chi connectivity index (χ3n) is 7.19. The molecule has 0 aliphatic heterocycles. The topological polar surface area (TPSA) is 96.0 Å². The van der Waals surface area contributed by atoms with Gasteiger partial charge < -0.3 is 15.0 Å². The van der Waals surface area contributed by atoms with E-state index in [9.17, 15) is 18.0 Å². The molecule has 2 amide bonds. The Bertz CT molecular complexity index is 1270. The highest BCUT2D eigenvalue weighted by Gasteiger charge is 2.31. The van der Waals surface area contributed by atoms with Crippen LogP contribution in [0.2, 0.25) is 10.0 Å². The number of hydrogen-bond donors (Lipinski definition) is 1. The van der Waals surface area contributed by atoms with E-state index in [0.29, 0.717) is 33.5 Å². The number of anilines is 1. The molecule has 0 bridgehead atoms. The molecule has 1 aliphatic rings. The Labute approximate surface area is 248 Å². The third kappa shape index (κ3) is 9.01. The molecule has 2 aromatic carbocycles. The number of sulfonamides is 1. The summed E-state index contributed by atoms with van der Waals surface area (Å²) in [7, 11) is -2.10. The van der Waals surface area contributed by atoms with Crippen LogP contribution in [0.25, 0.3) is 0 Å². The molecule has 1 aliphatic carbocycles. The molecule has 220 valence electrons. The summed E-state index contributed by atoms with van der Waals surface area (Å²) < 4.78 is 31.7. The van der Waals surface area contributed by atoms with Crippen molar-refractivity contribution in [2.24, 2.45) is 0 Å². The second-order valence-electron chi connectivity index (χ2n) is 10.2. The highest BCUT2D eigenvalue weighted by atomic mass is 35.5. The molecule has 0 spiro atoms. The maximum absolute atomic E-state index is 13.7. The van der Waals surface area contributed by atoms with Gasteiger partial charge in [0, 0.05) is 41.7 Å². The second-order valence-corrected chi connectivity index (χ2v) is 12.9. The van der Waals surface area contributed by atoms with Crippen LogP contribution in [-0.2, 0) is 26.2 Å². The van der Waals surface area contributed by atoms with Crippen LogP contribution in [-0.4, -0.2) is 57.1 Å². The largest absolute Gasteiger partial charge is 0.497 e. The number of amides is 2. The first-order chi connectivity index (χ1) is 19.0. The van der Waals surface area contributed by atoms with Gasteiger partial charge in [0.25, 0.3) is 0 Å². The van der Waals surface area contributed by atoms with Gasteiger partial charge in [0.15, 0.2) is 0 Å². The Balaban J connectivity index is 1.79. The van der Waals surface area contributed by atoms with Gasteiger partial charge in [-0.3, -0.25) is 13.9 Å². The number of halogens is 2. The van der Waals surface area contributed by atoms with E-state index in [0.717, 1.165) is 31.9 Å². The summed E-state index contributed by atoms with van der Waals surface area (Å²) in [6.45, 7) is 2.11. The van der Waals surface area contributed by atoms with E-state index in [1.54, 1.807) is 47.4 Å². The third-order valence-corrected chi connectivity index (χ3v) is 8.97. The van der Waals surface area contributed by atoms with Gasteiger partial charge in [0.1, 0.15) is 11.8 Å². The minimum Gasteiger partial charge on any atom is -0.497 e. The zero-order chi connectivity index (χ0) is 29.3. The molecular formula is C29H39Cl2N3O5S. The highest BCUT2D eigenvalue weighted by Crippen LogP contribution is 2.26. The molecule has 1 N–H and O–H groups in total. The second kappa shape index (κ2) is 14.9. The summed E-state index contributed by atoms with van der Waals surface area (Å²) in [4.78, 5) is 28.7. The molecule has 0 radical (unpaired) electrons. The monoisotopic (exact) mass is 611 g/mol. The van der Waals surface area contributed by atoms with Crippen LogP contribution in [0.15, 0.2) is 42.5 Å². The van der Waals surface area contributed by atoms with Crippen molar-refractivity contribution in [3.05, 3.63) is 58.1 Å². The van der Waals surface area contributed by atoms with E-state index >= 15 is 0 Å². The fourth-order valence-corrected chi connectivity index (χ4v) is 6.49. The zero-order valence-electron chi connectivity index (χ0n) is 23.4. The van der Waals surface area contributed by atoms with E-state index in [1.807, 2.05) is 6.92 Å². The molecule has 1 saturated carbocycles. The molecule has 3 rings (SSSR count). The molecule has 1 atom stereocenters. The maximum Gasteiger partial charge on any atom is 0.243 e. The smallest absolute Gasteiger partial charge is 0.243 e. The lowest BCUT2D eigenvalue weighted by atomic mass is 9.95. The first-order valence-corrected chi connectivity index (χ1v) is 16.3. The van der Waals surface area contributed by atoms with E-state index < -0.39 is 16.1 Å². The van der Waals surface area contributed by atoms with E-state index in [4.69, 9.17) is 27.9 Å². The number of nitrogens with one attached hydrogen (secondary N) is 1. The standard InChI is InChI=1S/C29H39Cl2N3O5S/c1-4-27(29(36)32-23-10-6-5-7-11-23)33(20-21-15-16-22(30)18-26(21)31)28(35)14-9-17-34(40(3,37)38)24-12-8-13-25(19-24)39-2/h8,12-13,15-16,18-19,23,27H,4-7,9-11,14,17,20H2,1-3H3,(H,32,36)/t27-/m0/s1. The van der Waals surface area contributed by atoms with Gasteiger partial charge >= 0.3 is 0 Å². The van der Waals surface area contributed by atoms with Crippen molar-refractivity contribution in [2.45, 2.75) is 76.9 Å². The maximum atomic E-state index is 13.7. The normalized spacial score (nSPS) is 14.8. The predicted molar refractivity (Wildman–Crippen MR) is 161 cm³/mol. The van der Waals surface area contributed by atoms with Crippen molar-refractivity contribution >= 4 is 50.7 Å². The van der Waals surface area contributed by atoms with Crippen LogP contribution >= 0.6 is 23.2 Å². The predicted octanol–water partition coefficient (Wildman–Crippen LogP) is 5.80. The molecule has 2 aromatic rings. The Kier molecular flexibility index (Phi) is 12.0. The molecule has 8 nitrogen and oxygen atoms in total. The van der Waals surface area contributed by atoms with Crippen molar-refractivity contribution in [1.29, 1.82) is 0 Å². The van der Waals surface area contributed by atoms with Crippen LogP contribution in [0.3, 0.4) is 0 Å². The van der Waals surface area contributed by atoms with E-state index in [2.05, 4.69) is 5.32 Å². The fraction of sp³-hybridized carbons (Fsp3) is 0.517. The van der Waals surface area contributed by atoms with E-state index in [1.165, 1.54) is 17.8 Å².